The minimum absolute atomic E-state index is 0.0777. The SMILES string of the molecule is O=C(C[C@H]1C(=O)NCCN1C(=O)CN1CCN(Cc2ccccc2)CC1)Nc1cccc2ccccc12. The van der Waals surface area contributed by atoms with E-state index in [-0.39, 0.29) is 30.7 Å². The van der Waals surface area contributed by atoms with Gasteiger partial charge in [-0.3, -0.25) is 24.2 Å². The Kier molecular flexibility index (Phi) is 7.77. The molecule has 3 amide bonds. The summed E-state index contributed by atoms with van der Waals surface area (Å²) in [5.74, 6) is -0.666. The lowest BCUT2D eigenvalue weighted by Gasteiger charge is -2.38. The van der Waals surface area contributed by atoms with Crippen molar-refractivity contribution in [3.05, 3.63) is 78.4 Å². The molecule has 0 bridgehead atoms. The molecule has 2 aliphatic heterocycles. The number of nitrogens with zero attached hydrogens (tertiary/aromatic N) is 3. The predicted molar refractivity (Wildman–Crippen MR) is 144 cm³/mol. The smallest absolute Gasteiger partial charge is 0.243 e. The van der Waals surface area contributed by atoms with Gasteiger partial charge in [-0.05, 0) is 17.0 Å². The summed E-state index contributed by atoms with van der Waals surface area (Å²) in [6.07, 6.45) is -0.0777. The second-order valence-corrected chi connectivity index (χ2v) is 9.71. The second kappa shape index (κ2) is 11.5. The zero-order valence-electron chi connectivity index (χ0n) is 20.9. The van der Waals surface area contributed by atoms with Crippen LogP contribution in [-0.2, 0) is 20.9 Å². The van der Waals surface area contributed by atoms with Crippen LogP contribution in [0.4, 0.5) is 5.69 Å². The van der Waals surface area contributed by atoms with Crippen LogP contribution in [0.25, 0.3) is 10.8 Å². The fourth-order valence-electron chi connectivity index (χ4n) is 5.16. The van der Waals surface area contributed by atoms with Gasteiger partial charge in [0.2, 0.25) is 17.7 Å². The number of carbonyl (C=O) groups is 3. The number of anilines is 1. The van der Waals surface area contributed by atoms with Crippen LogP contribution in [0.15, 0.2) is 72.8 Å². The molecule has 0 radical (unpaired) electrons. The van der Waals surface area contributed by atoms with Crippen molar-refractivity contribution in [3.8, 4) is 0 Å². The molecule has 8 heteroatoms. The van der Waals surface area contributed by atoms with E-state index in [0.717, 1.165) is 43.5 Å². The molecule has 3 aromatic rings. The van der Waals surface area contributed by atoms with Gasteiger partial charge in [0, 0.05) is 56.9 Å². The van der Waals surface area contributed by atoms with Crippen molar-refractivity contribution < 1.29 is 14.4 Å². The van der Waals surface area contributed by atoms with Crippen molar-refractivity contribution in [2.75, 3.05) is 51.1 Å². The Morgan fingerprint density at radius 1 is 0.838 bits per heavy atom. The van der Waals surface area contributed by atoms with Crippen molar-refractivity contribution in [1.82, 2.24) is 20.0 Å². The quantitative estimate of drug-likeness (QED) is 0.521. The lowest BCUT2D eigenvalue weighted by Crippen LogP contribution is -2.60. The van der Waals surface area contributed by atoms with Crippen LogP contribution in [0.3, 0.4) is 0 Å². The number of benzene rings is 3. The number of amides is 3. The van der Waals surface area contributed by atoms with Gasteiger partial charge < -0.3 is 15.5 Å². The summed E-state index contributed by atoms with van der Waals surface area (Å²) in [6.45, 7) is 5.34. The van der Waals surface area contributed by atoms with Crippen LogP contribution in [0.2, 0.25) is 0 Å². The van der Waals surface area contributed by atoms with Crippen molar-refractivity contribution in [2.24, 2.45) is 0 Å². The van der Waals surface area contributed by atoms with E-state index in [1.807, 2.05) is 48.5 Å². The molecule has 0 aromatic heterocycles. The van der Waals surface area contributed by atoms with Gasteiger partial charge in [0.05, 0.1) is 13.0 Å². The highest BCUT2D eigenvalue weighted by atomic mass is 16.2. The fraction of sp³-hybridized carbons (Fsp3) is 0.345. The molecular weight excluding hydrogens is 466 g/mol. The summed E-state index contributed by atoms with van der Waals surface area (Å²) in [5, 5.41) is 7.72. The van der Waals surface area contributed by atoms with Gasteiger partial charge in [-0.1, -0.05) is 66.7 Å². The lowest BCUT2D eigenvalue weighted by molar-refractivity contribution is -0.145. The highest BCUT2D eigenvalue weighted by molar-refractivity contribution is 6.04. The normalized spacial score (nSPS) is 19.0. The van der Waals surface area contributed by atoms with E-state index in [1.165, 1.54) is 5.56 Å². The van der Waals surface area contributed by atoms with Crippen LogP contribution in [-0.4, -0.2) is 84.3 Å². The number of fused-ring (bicyclic) bond motifs is 1. The van der Waals surface area contributed by atoms with Crippen molar-refractivity contribution in [2.45, 2.75) is 19.0 Å². The molecule has 0 saturated carbocycles. The molecule has 192 valence electrons. The minimum Gasteiger partial charge on any atom is -0.353 e. The lowest BCUT2D eigenvalue weighted by atomic mass is 10.1. The van der Waals surface area contributed by atoms with Crippen LogP contribution >= 0.6 is 0 Å². The van der Waals surface area contributed by atoms with E-state index in [0.29, 0.717) is 18.8 Å². The van der Waals surface area contributed by atoms with Crippen LogP contribution in [0.1, 0.15) is 12.0 Å². The first-order chi connectivity index (χ1) is 18.1. The standard InChI is InChI=1S/C29H33N5O3/c35-27(31-25-12-6-10-23-9-4-5-11-24(23)25)19-26-29(37)30-13-14-34(26)28(36)21-33-17-15-32(16-18-33)20-22-7-2-1-3-8-22/h1-12,26H,13-21H2,(H,30,37)(H,31,35)/t26-/m0/s1. The second-order valence-electron chi connectivity index (χ2n) is 9.71. The van der Waals surface area contributed by atoms with Gasteiger partial charge >= 0.3 is 0 Å². The average Bonchev–Trinajstić information content (AvgIpc) is 2.92. The first kappa shape index (κ1) is 24.9. The Morgan fingerprint density at radius 2 is 1.54 bits per heavy atom. The number of piperazine rings is 2. The molecule has 37 heavy (non-hydrogen) atoms. The Bertz CT molecular complexity index is 1250. The third-order valence-electron chi connectivity index (χ3n) is 7.17. The van der Waals surface area contributed by atoms with E-state index < -0.39 is 6.04 Å². The molecule has 2 fully saturated rings. The Labute approximate surface area is 217 Å². The maximum absolute atomic E-state index is 13.3. The van der Waals surface area contributed by atoms with Crippen LogP contribution in [0, 0.1) is 0 Å². The molecule has 5 rings (SSSR count). The van der Waals surface area contributed by atoms with E-state index in [4.69, 9.17) is 0 Å². The van der Waals surface area contributed by atoms with Gasteiger partial charge in [0.1, 0.15) is 6.04 Å². The van der Waals surface area contributed by atoms with Gasteiger partial charge in [0.15, 0.2) is 0 Å². The van der Waals surface area contributed by atoms with Gasteiger partial charge in [0.25, 0.3) is 0 Å². The predicted octanol–water partition coefficient (Wildman–Crippen LogP) is 2.31. The van der Waals surface area contributed by atoms with Crippen LogP contribution < -0.4 is 10.6 Å². The number of hydrogen-bond donors (Lipinski definition) is 2. The van der Waals surface area contributed by atoms with Gasteiger partial charge in [-0.25, -0.2) is 0 Å². The molecule has 2 N–H and O–H groups in total. The summed E-state index contributed by atoms with van der Waals surface area (Å²) in [5.41, 5.74) is 1.99. The maximum atomic E-state index is 13.3. The number of carbonyl (C=O) groups excluding carboxylic acids is 3. The highest BCUT2D eigenvalue weighted by Crippen LogP contribution is 2.23. The minimum atomic E-state index is -0.810. The molecule has 2 heterocycles. The Morgan fingerprint density at radius 3 is 2.35 bits per heavy atom. The molecular formula is C29H33N5O3. The molecule has 2 saturated heterocycles. The number of nitrogens with one attached hydrogen (secondary N) is 2. The first-order valence-corrected chi connectivity index (χ1v) is 12.9. The number of hydrogen-bond acceptors (Lipinski definition) is 5. The molecule has 3 aromatic carbocycles. The molecule has 2 aliphatic rings. The fourth-order valence-corrected chi connectivity index (χ4v) is 5.16. The van der Waals surface area contributed by atoms with Crippen molar-refractivity contribution in [1.29, 1.82) is 0 Å². The third-order valence-corrected chi connectivity index (χ3v) is 7.17. The summed E-state index contributed by atoms with van der Waals surface area (Å²) in [7, 11) is 0. The summed E-state index contributed by atoms with van der Waals surface area (Å²) in [6, 6.07) is 23.1. The van der Waals surface area contributed by atoms with Crippen molar-refractivity contribution in [3.63, 3.8) is 0 Å². The molecule has 0 spiro atoms. The monoisotopic (exact) mass is 499 g/mol. The largest absolute Gasteiger partial charge is 0.353 e. The van der Waals surface area contributed by atoms with Gasteiger partial charge in [-0.2, -0.15) is 0 Å². The number of rotatable bonds is 7. The van der Waals surface area contributed by atoms with E-state index in [9.17, 15) is 14.4 Å². The van der Waals surface area contributed by atoms with Crippen LogP contribution in [0.5, 0.6) is 0 Å². The first-order valence-electron chi connectivity index (χ1n) is 12.9. The summed E-state index contributed by atoms with van der Waals surface area (Å²) >= 11 is 0. The zero-order chi connectivity index (χ0) is 25.6. The highest BCUT2D eigenvalue weighted by Gasteiger charge is 2.35. The molecule has 0 aliphatic carbocycles. The third kappa shape index (κ3) is 6.15. The molecule has 0 unspecified atom stereocenters. The van der Waals surface area contributed by atoms with Crippen molar-refractivity contribution >= 4 is 34.2 Å². The molecule has 1 atom stereocenters. The van der Waals surface area contributed by atoms with E-state index >= 15 is 0 Å². The summed E-state index contributed by atoms with van der Waals surface area (Å²) in [4.78, 5) is 45.1. The maximum Gasteiger partial charge on any atom is 0.243 e. The van der Waals surface area contributed by atoms with E-state index in [2.05, 4.69) is 44.7 Å². The average molecular weight is 500 g/mol. The Hall–Kier alpha value is -3.75. The topological polar surface area (TPSA) is 85.0 Å². The molecule has 8 nitrogen and oxygen atoms in total. The zero-order valence-corrected chi connectivity index (χ0v) is 20.9. The van der Waals surface area contributed by atoms with E-state index in [1.54, 1.807) is 4.90 Å². The Balaban J connectivity index is 1.17. The summed E-state index contributed by atoms with van der Waals surface area (Å²) < 4.78 is 0. The van der Waals surface area contributed by atoms with Gasteiger partial charge in [-0.15, -0.1) is 0 Å².